The van der Waals surface area contributed by atoms with Gasteiger partial charge >= 0.3 is 5.97 Å². The van der Waals surface area contributed by atoms with Gasteiger partial charge < -0.3 is 15.0 Å². The fraction of sp³-hybridized carbons (Fsp3) is 0.276. The standard InChI is InChI=1S/C29H30N2O4/c1-19(28(34)35-29(2,3)4)20-11-14-24(15-12-20)31-17-22-10-13-23(16-25(22)26(32)18-31)30-27(33)21-8-6-5-7-9-21/h5-16,19H,17-18H2,1-4H3,(H,30,33). The summed E-state index contributed by atoms with van der Waals surface area (Å²) in [5.41, 5.74) is 3.94. The second-order valence-electron chi connectivity index (χ2n) is 9.82. The van der Waals surface area contributed by atoms with Crippen molar-refractivity contribution in [2.24, 2.45) is 0 Å². The number of nitrogens with one attached hydrogen (secondary N) is 1. The van der Waals surface area contributed by atoms with Gasteiger partial charge in [0.2, 0.25) is 0 Å². The van der Waals surface area contributed by atoms with Crippen LogP contribution < -0.4 is 10.2 Å². The van der Waals surface area contributed by atoms with Gasteiger partial charge in [-0.15, -0.1) is 0 Å². The van der Waals surface area contributed by atoms with Crippen LogP contribution in [0.2, 0.25) is 0 Å². The Morgan fingerprint density at radius 2 is 1.63 bits per heavy atom. The second-order valence-corrected chi connectivity index (χ2v) is 9.82. The summed E-state index contributed by atoms with van der Waals surface area (Å²) in [6, 6.07) is 22.1. The quantitative estimate of drug-likeness (QED) is 0.492. The van der Waals surface area contributed by atoms with Crippen LogP contribution in [0.3, 0.4) is 0 Å². The number of nitrogens with zero attached hydrogens (tertiary/aromatic N) is 1. The molecule has 0 aromatic heterocycles. The van der Waals surface area contributed by atoms with Gasteiger partial charge in [-0.25, -0.2) is 0 Å². The van der Waals surface area contributed by atoms with Gasteiger partial charge in [0.1, 0.15) is 5.60 Å². The minimum Gasteiger partial charge on any atom is -0.460 e. The Labute approximate surface area is 205 Å². The van der Waals surface area contributed by atoms with E-state index in [2.05, 4.69) is 5.32 Å². The average Bonchev–Trinajstić information content (AvgIpc) is 2.83. The highest BCUT2D eigenvalue weighted by molar-refractivity contribution is 6.06. The Morgan fingerprint density at radius 3 is 2.29 bits per heavy atom. The van der Waals surface area contributed by atoms with Gasteiger partial charge in [-0.3, -0.25) is 14.4 Å². The number of amides is 1. The summed E-state index contributed by atoms with van der Waals surface area (Å²) in [6.07, 6.45) is 0. The van der Waals surface area contributed by atoms with Crippen molar-refractivity contribution in [3.05, 3.63) is 95.1 Å². The minimum absolute atomic E-state index is 0.00624. The van der Waals surface area contributed by atoms with Crippen molar-refractivity contribution in [2.45, 2.75) is 45.8 Å². The zero-order valence-corrected chi connectivity index (χ0v) is 20.5. The molecule has 1 heterocycles. The van der Waals surface area contributed by atoms with Crippen molar-refractivity contribution in [1.29, 1.82) is 0 Å². The lowest BCUT2D eigenvalue weighted by atomic mass is 9.96. The average molecular weight is 471 g/mol. The lowest BCUT2D eigenvalue weighted by Crippen LogP contribution is -2.35. The van der Waals surface area contributed by atoms with E-state index < -0.39 is 5.60 Å². The molecular formula is C29H30N2O4. The number of hydrogen-bond donors (Lipinski definition) is 1. The van der Waals surface area contributed by atoms with Crippen LogP contribution in [0.5, 0.6) is 0 Å². The summed E-state index contributed by atoms with van der Waals surface area (Å²) in [5.74, 6) is -0.858. The SMILES string of the molecule is CC(C(=O)OC(C)(C)C)c1ccc(N2CC(=O)c3cc(NC(=O)c4ccccc4)ccc3C2)cc1. The molecular weight excluding hydrogens is 440 g/mol. The third kappa shape index (κ3) is 5.77. The van der Waals surface area contributed by atoms with Crippen LogP contribution in [0.4, 0.5) is 11.4 Å². The molecule has 0 aliphatic carbocycles. The first-order valence-corrected chi connectivity index (χ1v) is 11.7. The molecule has 1 aliphatic rings. The van der Waals surface area contributed by atoms with E-state index in [9.17, 15) is 14.4 Å². The number of rotatable bonds is 5. The Morgan fingerprint density at radius 1 is 0.943 bits per heavy atom. The van der Waals surface area contributed by atoms with E-state index in [-0.39, 0.29) is 30.1 Å². The largest absolute Gasteiger partial charge is 0.460 e. The molecule has 0 bridgehead atoms. The molecule has 1 atom stereocenters. The minimum atomic E-state index is -0.531. The van der Waals surface area contributed by atoms with Crippen molar-refractivity contribution in [2.75, 3.05) is 16.8 Å². The third-order valence-corrected chi connectivity index (χ3v) is 5.92. The highest BCUT2D eigenvalue weighted by atomic mass is 16.6. The molecule has 1 amide bonds. The van der Waals surface area contributed by atoms with Crippen LogP contribution in [0.25, 0.3) is 0 Å². The molecule has 6 nitrogen and oxygen atoms in total. The molecule has 0 radical (unpaired) electrons. The van der Waals surface area contributed by atoms with Crippen molar-refractivity contribution in [3.8, 4) is 0 Å². The molecule has 0 spiro atoms. The smallest absolute Gasteiger partial charge is 0.313 e. The third-order valence-electron chi connectivity index (χ3n) is 5.92. The summed E-state index contributed by atoms with van der Waals surface area (Å²) in [5, 5.41) is 2.87. The normalized spacial score (nSPS) is 14.2. The number of benzene rings is 3. The molecule has 1 aliphatic heterocycles. The van der Waals surface area contributed by atoms with Crippen molar-refractivity contribution >= 4 is 29.0 Å². The number of Topliss-reactive ketones (excluding diaryl/α,β-unsaturated/α-hetero) is 1. The Hall–Kier alpha value is -3.93. The Kier molecular flexibility index (Phi) is 6.74. The van der Waals surface area contributed by atoms with Crippen LogP contribution in [0.15, 0.2) is 72.8 Å². The predicted molar refractivity (Wildman–Crippen MR) is 137 cm³/mol. The number of fused-ring (bicyclic) bond motifs is 1. The monoisotopic (exact) mass is 470 g/mol. The highest BCUT2D eigenvalue weighted by Crippen LogP contribution is 2.29. The maximum Gasteiger partial charge on any atom is 0.313 e. The number of ether oxygens (including phenoxy) is 1. The fourth-order valence-corrected chi connectivity index (χ4v) is 4.05. The summed E-state index contributed by atoms with van der Waals surface area (Å²) in [7, 11) is 0. The number of carbonyl (C=O) groups is 3. The Balaban J connectivity index is 1.45. The summed E-state index contributed by atoms with van der Waals surface area (Å²) in [4.78, 5) is 39.8. The molecule has 3 aromatic rings. The lowest BCUT2D eigenvalue weighted by molar-refractivity contribution is -0.156. The molecule has 0 fully saturated rings. The molecule has 35 heavy (non-hydrogen) atoms. The summed E-state index contributed by atoms with van der Waals surface area (Å²) < 4.78 is 5.49. The number of carbonyl (C=O) groups excluding carboxylic acids is 3. The van der Waals surface area contributed by atoms with Gasteiger partial charge in [0, 0.05) is 29.0 Å². The van der Waals surface area contributed by atoms with Gasteiger partial charge in [-0.05, 0) is 75.2 Å². The van der Waals surface area contributed by atoms with E-state index in [1.165, 1.54) is 0 Å². The molecule has 180 valence electrons. The van der Waals surface area contributed by atoms with Gasteiger partial charge in [0.05, 0.1) is 12.5 Å². The number of esters is 1. The van der Waals surface area contributed by atoms with Gasteiger partial charge in [-0.1, -0.05) is 36.4 Å². The molecule has 0 saturated carbocycles. The molecule has 4 rings (SSSR count). The van der Waals surface area contributed by atoms with E-state index in [0.29, 0.717) is 23.4 Å². The van der Waals surface area contributed by atoms with Gasteiger partial charge in [0.15, 0.2) is 5.78 Å². The van der Waals surface area contributed by atoms with Crippen molar-refractivity contribution in [1.82, 2.24) is 0 Å². The zero-order chi connectivity index (χ0) is 25.2. The molecule has 6 heteroatoms. The maximum absolute atomic E-state index is 13.0. The first-order chi connectivity index (χ1) is 16.6. The Bertz CT molecular complexity index is 1240. The van der Waals surface area contributed by atoms with Gasteiger partial charge in [0.25, 0.3) is 5.91 Å². The first kappa shape index (κ1) is 24.2. The topological polar surface area (TPSA) is 75.7 Å². The maximum atomic E-state index is 13.0. The number of hydrogen-bond acceptors (Lipinski definition) is 5. The van der Waals surface area contributed by atoms with E-state index in [1.807, 2.05) is 87.2 Å². The van der Waals surface area contributed by atoms with Crippen LogP contribution in [-0.2, 0) is 16.1 Å². The molecule has 1 N–H and O–H groups in total. The molecule has 0 saturated heterocycles. The van der Waals surface area contributed by atoms with E-state index in [1.54, 1.807) is 18.2 Å². The zero-order valence-electron chi connectivity index (χ0n) is 20.5. The van der Waals surface area contributed by atoms with E-state index >= 15 is 0 Å². The summed E-state index contributed by atoms with van der Waals surface area (Å²) >= 11 is 0. The van der Waals surface area contributed by atoms with Crippen LogP contribution in [0.1, 0.15) is 65.5 Å². The van der Waals surface area contributed by atoms with Crippen molar-refractivity contribution < 1.29 is 19.1 Å². The molecule has 1 unspecified atom stereocenters. The van der Waals surface area contributed by atoms with E-state index in [0.717, 1.165) is 16.8 Å². The fourth-order valence-electron chi connectivity index (χ4n) is 4.05. The highest BCUT2D eigenvalue weighted by Gasteiger charge is 2.26. The first-order valence-electron chi connectivity index (χ1n) is 11.7. The van der Waals surface area contributed by atoms with Crippen molar-refractivity contribution in [3.63, 3.8) is 0 Å². The van der Waals surface area contributed by atoms with Crippen LogP contribution in [-0.4, -0.2) is 29.8 Å². The van der Waals surface area contributed by atoms with Crippen LogP contribution in [0, 0.1) is 0 Å². The van der Waals surface area contributed by atoms with E-state index in [4.69, 9.17) is 4.74 Å². The summed E-state index contributed by atoms with van der Waals surface area (Å²) in [6.45, 7) is 8.21. The lowest BCUT2D eigenvalue weighted by Gasteiger charge is -2.30. The number of anilines is 2. The van der Waals surface area contributed by atoms with Gasteiger partial charge in [-0.2, -0.15) is 0 Å². The van der Waals surface area contributed by atoms with Crippen LogP contribution >= 0.6 is 0 Å². The second kappa shape index (κ2) is 9.74. The number of ketones is 1. The predicted octanol–water partition coefficient (Wildman–Crippen LogP) is 5.59. The molecule has 3 aromatic carbocycles.